The van der Waals surface area contributed by atoms with E-state index in [0.717, 1.165) is 0 Å². The molecule has 2 aromatic rings. The minimum atomic E-state index is -0.464. The highest BCUT2D eigenvalue weighted by atomic mass is 16.5. The molecule has 1 aromatic carbocycles. The van der Waals surface area contributed by atoms with E-state index >= 15 is 0 Å². The highest BCUT2D eigenvalue weighted by Crippen LogP contribution is 2.23. The predicted octanol–water partition coefficient (Wildman–Crippen LogP) is 3.18. The number of carbonyl (C=O) groups is 3. The first-order valence-electron chi connectivity index (χ1n) is 7.47. The number of ketones is 1. The summed E-state index contributed by atoms with van der Waals surface area (Å²) in [7, 11) is 1.31. The minimum absolute atomic E-state index is 0.0934. The number of methoxy groups -OCH3 is 1. The Balaban J connectivity index is 2.36. The maximum Gasteiger partial charge on any atom is 0.338 e. The molecule has 0 aliphatic rings. The quantitative estimate of drug-likeness (QED) is 0.666. The zero-order valence-corrected chi connectivity index (χ0v) is 14.4. The fraction of sp³-hybridized carbons (Fsp3) is 0.278. The molecule has 0 unspecified atom stereocenters. The van der Waals surface area contributed by atoms with Crippen molar-refractivity contribution >= 4 is 23.3 Å². The molecule has 1 aromatic heterocycles. The number of Topliss-reactive ketones (excluding diaryl/α,β-unsaturated/α-hetero) is 1. The van der Waals surface area contributed by atoms with Gasteiger partial charge in [-0.1, -0.05) is 6.07 Å². The second-order valence-electron chi connectivity index (χ2n) is 5.61. The Labute approximate surface area is 140 Å². The molecule has 0 saturated heterocycles. The van der Waals surface area contributed by atoms with Gasteiger partial charge in [0.2, 0.25) is 0 Å². The maximum absolute atomic E-state index is 12.6. The second-order valence-corrected chi connectivity index (χ2v) is 5.61. The number of hydrogen-bond donors (Lipinski definition) is 2. The summed E-state index contributed by atoms with van der Waals surface area (Å²) in [5.74, 6) is -0.924. The van der Waals surface area contributed by atoms with Gasteiger partial charge in [0.05, 0.1) is 12.7 Å². The van der Waals surface area contributed by atoms with Gasteiger partial charge in [-0.15, -0.1) is 0 Å². The van der Waals surface area contributed by atoms with Gasteiger partial charge in [-0.05, 0) is 51.0 Å². The summed E-state index contributed by atoms with van der Waals surface area (Å²) in [6.07, 6.45) is 0. The monoisotopic (exact) mass is 328 g/mol. The molecule has 1 heterocycles. The Bertz CT molecular complexity index is 834. The summed E-state index contributed by atoms with van der Waals surface area (Å²) < 4.78 is 4.73. The fourth-order valence-electron chi connectivity index (χ4n) is 2.79. The van der Waals surface area contributed by atoms with Crippen LogP contribution in [0.3, 0.4) is 0 Å². The lowest BCUT2D eigenvalue weighted by Crippen LogP contribution is -2.16. The number of carbonyl (C=O) groups excluding carboxylic acids is 3. The third kappa shape index (κ3) is 3.08. The van der Waals surface area contributed by atoms with E-state index in [1.165, 1.54) is 14.0 Å². The summed E-state index contributed by atoms with van der Waals surface area (Å²) in [6, 6.07) is 5.01. The van der Waals surface area contributed by atoms with E-state index in [1.807, 2.05) is 0 Å². The van der Waals surface area contributed by atoms with E-state index in [2.05, 4.69) is 10.3 Å². The Morgan fingerprint density at radius 1 is 1.08 bits per heavy atom. The van der Waals surface area contributed by atoms with Gasteiger partial charge in [0, 0.05) is 16.9 Å². The van der Waals surface area contributed by atoms with E-state index in [0.29, 0.717) is 39.3 Å². The van der Waals surface area contributed by atoms with Gasteiger partial charge in [-0.25, -0.2) is 4.79 Å². The van der Waals surface area contributed by atoms with Crippen LogP contribution in [0.4, 0.5) is 5.69 Å². The number of aromatic amines is 1. The van der Waals surface area contributed by atoms with Crippen LogP contribution in [0.1, 0.15) is 54.9 Å². The Morgan fingerprint density at radius 3 is 2.29 bits per heavy atom. The van der Waals surface area contributed by atoms with Crippen LogP contribution in [0.5, 0.6) is 0 Å². The number of ether oxygens (including phenoxy) is 1. The molecule has 0 saturated carbocycles. The second kappa shape index (κ2) is 6.70. The molecule has 0 atom stereocenters. The lowest BCUT2D eigenvalue weighted by atomic mass is 10.1. The van der Waals surface area contributed by atoms with Gasteiger partial charge in [-0.2, -0.15) is 0 Å². The number of anilines is 1. The number of amides is 1. The summed E-state index contributed by atoms with van der Waals surface area (Å²) >= 11 is 0. The Kier molecular flexibility index (Phi) is 4.87. The van der Waals surface area contributed by atoms with Crippen molar-refractivity contribution in [2.45, 2.75) is 27.7 Å². The van der Waals surface area contributed by atoms with Crippen LogP contribution in [-0.4, -0.2) is 29.8 Å². The number of nitrogens with one attached hydrogen (secondary N) is 2. The first kappa shape index (κ1) is 17.5. The zero-order chi connectivity index (χ0) is 18.0. The molecule has 24 heavy (non-hydrogen) atoms. The van der Waals surface area contributed by atoms with Crippen molar-refractivity contribution in [1.29, 1.82) is 0 Å². The van der Waals surface area contributed by atoms with Crippen molar-refractivity contribution in [3.8, 4) is 0 Å². The molecule has 0 radical (unpaired) electrons. The number of esters is 1. The fourth-order valence-corrected chi connectivity index (χ4v) is 2.79. The van der Waals surface area contributed by atoms with Gasteiger partial charge in [-0.3, -0.25) is 9.59 Å². The minimum Gasteiger partial charge on any atom is -0.465 e. The molecule has 6 nitrogen and oxygen atoms in total. The van der Waals surface area contributed by atoms with Crippen LogP contribution >= 0.6 is 0 Å². The number of rotatable bonds is 4. The van der Waals surface area contributed by atoms with Gasteiger partial charge in [0.15, 0.2) is 5.78 Å². The molecule has 0 fully saturated rings. The van der Waals surface area contributed by atoms with Crippen molar-refractivity contribution in [2.24, 2.45) is 0 Å². The van der Waals surface area contributed by atoms with Crippen LogP contribution in [-0.2, 0) is 4.74 Å². The lowest BCUT2D eigenvalue weighted by molar-refractivity contribution is 0.0599. The van der Waals surface area contributed by atoms with Crippen LogP contribution in [0, 0.1) is 20.8 Å². The molecular weight excluding hydrogens is 308 g/mol. The third-order valence-electron chi connectivity index (χ3n) is 4.00. The van der Waals surface area contributed by atoms with Crippen molar-refractivity contribution in [2.75, 3.05) is 12.4 Å². The molecular formula is C18H20N2O4. The molecule has 0 spiro atoms. The Morgan fingerprint density at radius 2 is 1.75 bits per heavy atom. The summed E-state index contributed by atoms with van der Waals surface area (Å²) in [5, 5.41) is 2.78. The number of hydrogen-bond acceptors (Lipinski definition) is 4. The van der Waals surface area contributed by atoms with Crippen LogP contribution in [0.15, 0.2) is 18.2 Å². The van der Waals surface area contributed by atoms with E-state index in [4.69, 9.17) is 4.74 Å². The average Bonchev–Trinajstić information content (AvgIpc) is 2.83. The van der Waals surface area contributed by atoms with Crippen LogP contribution in [0.2, 0.25) is 0 Å². The largest absolute Gasteiger partial charge is 0.465 e. The van der Waals surface area contributed by atoms with Crippen molar-refractivity contribution in [3.05, 3.63) is 51.8 Å². The first-order valence-corrected chi connectivity index (χ1v) is 7.47. The van der Waals surface area contributed by atoms with E-state index in [9.17, 15) is 14.4 Å². The normalized spacial score (nSPS) is 10.4. The summed E-state index contributed by atoms with van der Waals surface area (Å²) in [4.78, 5) is 38.9. The van der Waals surface area contributed by atoms with Crippen molar-refractivity contribution < 1.29 is 19.1 Å². The molecule has 2 N–H and O–H groups in total. The standard InChI is InChI=1S/C18H20N2O4/c1-9-13(18(23)24-5)7-6-8-14(9)20-17(22)16-10(2)15(12(4)21)11(3)19-16/h6-8,19H,1-5H3,(H,20,22). The van der Waals surface area contributed by atoms with Gasteiger partial charge in [0.25, 0.3) is 5.91 Å². The molecule has 0 aliphatic heterocycles. The molecule has 0 bridgehead atoms. The smallest absolute Gasteiger partial charge is 0.338 e. The van der Waals surface area contributed by atoms with Crippen LogP contribution in [0.25, 0.3) is 0 Å². The zero-order valence-electron chi connectivity index (χ0n) is 14.4. The number of aryl methyl sites for hydroxylation is 1. The number of aromatic nitrogens is 1. The summed E-state index contributed by atoms with van der Waals surface area (Å²) in [5.41, 5.74) is 3.65. The molecule has 2 rings (SSSR count). The first-order chi connectivity index (χ1) is 11.3. The third-order valence-corrected chi connectivity index (χ3v) is 4.00. The number of H-pyrrole nitrogens is 1. The van der Waals surface area contributed by atoms with Gasteiger partial charge < -0.3 is 15.0 Å². The Hall–Kier alpha value is -2.89. The highest BCUT2D eigenvalue weighted by Gasteiger charge is 2.21. The molecule has 1 amide bonds. The SMILES string of the molecule is COC(=O)c1cccc(NC(=O)c2[nH]c(C)c(C(C)=O)c2C)c1C. The molecule has 6 heteroatoms. The van der Waals surface area contributed by atoms with Crippen molar-refractivity contribution in [3.63, 3.8) is 0 Å². The number of benzene rings is 1. The molecule has 126 valence electrons. The van der Waals surface area contributed by atoms with Gasteiger partial charge in [0.1, 0.15) is 5.69 Å². The van der Waals surface area contributed by atoms with E-state index in [-0.39, 0.29) is 11.7 Å². The lowest BCUT2D eigenvalue weighted by Gasteiger charge is -2.11. The van der Waals surface area contributed by atoms with Gasteiger partial charge >= 0.3 is 5.97 Å². The summed E-state index contributed by atoms with van der Waals surface area (Å²) in [6.45, 7) is 6.68. The molecule has 0 aliphatic carbocycles. The topological polar surface area (TPSA) is 88.3 Å². The van der Waals surface area contributed by atoms with Crippen LogP contribution < -0.4 is 5.32 Å². The van der Waals surface area contributed by atoms with E-state index < -0.39 is 5.97 Å². The van der Waals surface area contributed by atoms with E-state index in [1.54, 1.807) is 39.0 Å². The maximum atomic E-state index is 12.6. The predicted molar refractivity (Wildman–Crippen MR) is 90.7 cm³/mol. The highest BCUT2D eigenvalue weighted by molar-refractivity contribution is 6.08. The average molecular weight is 328 g/mol. The van der Waals surface area contributed by atoms with Crippen molar-refractivity contribution in [1.82, 2.24) is 4.98 Å².